The quantitative estimate of drug-likeness (QED) is 0.803. The Morgan fingerprint density at radius 2 is 1.71 bits per heavy atom. The third kappa shape index (κ3) is 2.28. The van der Waals surface area contributed by atoms with Crippen LogP contribution in [0, 0.1) is 0 Å². The number of carbonyl (C=O) groups excluding carboxylic acids is 1. The molecule has 0 radical (unpaired) electrons. The van der Waals surface area contributed by atoms with Crippen LogP contribution in [0.2, 0.25) is 0 Å². The highest BCUT2D eigenvalue weighted by Gasteiger charge is 2.24. The van der Waals surface area contributed by atoms with Crippen molar-refractivity contribution in [2.45, 2.75) is 33.1 Å². The Balaban J connectivity index is 2.49. The molecule has 3 nitrogen and oxygen atoms in total. The summed E-state index contributed by atoms with van der Waals surface area (Å²) in [6.07, 6.45) is 2.42. The van der Waals surface area contributed by atoms with E-state index in [-0.39, 0.29) is 5.78 Å². The summed E-state index contributed by atoms with van der Waals surface area (Å²) in [6, 6.07) is 3.75. The molecule has 92 valence electrons. The molecule has 1 aromatic rings. The Labute approximate surface area is 102 Å². The Bertz CT molecular complexity index is 424. The maximum absolute atomic E-state index is 12.0. The SMILES string of the molecule is CCOc1ccc(OCC)c2c1CCCC2=O. The monoisotopic (exact) mass is 234 g/mol. The van der Waals surface area contributed by atoms with Crippen molar-refractivity contribution in [3.63, 3.8) is 0 Å². The van der Waals surface area contributed by atoms with E-state index >= 15 is 0 Å². The summed E-state index contributed by atoms with van der Waals surface area (Å²) in [5, 5.41) is 0. The first-order chi connectivity index (χ1) is 8.27. The molecule has 0 unspecified atom stereocenters. The molecule has 0 saturated heterocycles. The van der Waals surface area contributed by atoms with Gasteiger partial charge in [-0.25, -0.2) is 0 Å². The summed E-state index contributed by atoms with van der Waals surface area (Å²) >= 11 is 0. The van der Waals surface area contributed by atoms with Crippen LogP contribution in [-0.2, 0) is 6.42 Å². The van der Waals surface area contributed by atoms with Crippen molar-refractivity contribution in [2.24, 2.45) is 0 Å². The molecule has 17 heavy (non-hydrogen) atoms. The lowest BCUT2D eigenvalue weighted by Gasteiger charge is -2.21. The van der Waals surface area contributed by atoms with E-state index in [2.05, 4.69) is 0 Å². The summed E-state index contributed by atoms with van der Waals surface area (Å²) in [5.41, 5.74) is 1.76. The number of carbonyl (C=O) groups is 1. The minimum absolute atomic E-state index is 0.177. The number of ketones is 1. The van der Waals surface area contributed by atoms with Gasteiger partial charge in [0, 0.05) is 12.0 Å². The van der Waals surface area contributed by atoms with Crippen LogP contribution < -0.4 is 9.47 Å². The molecule has 0 heterocycles. The largest absolute Gasteiger partial charge is 0.494 e. The number of Topliss-reactive ketones (excluding diaryl/α,β-unsaturated/α-hetero) is 1. The molecule has 1 aromatic carbocycles. The first-order valence-electron chi connectivity index (χ1n) is 6.22. The van der Waals surface area contributed by atoms with Crippen LogP contribution in [-0.4, -0.2) is 19.0 Å². The standard InChI is InChI=1S/C14H18O3/c1-3-16-12-8-9-13(17-4-2)14-10(12)6-5-7-11(14)15/h8-9H,3-7H2,1-2H3. The van der Waals surface area contributed by atoms with E-state index in [0.717, 1.165) is 29.7 Å². The highest BCUT2D eigenvalue weighted by molar-refractivity contribution is 6.01. The summed E-state index contributed by atoms with van der Waals surface area (Å²) in [4.78, 5) is 12.0. The lowest BCUT2D eigenvalue weighted by atomic mass is 9.89. The zero-order chi connectivity index (χ0) is 12.3. The van der Waals surface area contributed by atoms with Crippen LogP contribution in [0.3, 0.4) is 0 Å². The molecule has 0 N–H and O–H groups in total. The molecule has 0 aromatic heterocycles. The predicted molar refractivity (Wildman–Crippen MR) is 66.0 cm³/mol. The topological polar surface area (TPSA) is 35.5 Å². The molecule has 0 bridgehead atoms. The number of benzene rings is 1. The summed E-state index contributed by atoms with van der Waals surface area (Å²) in [5.74, 6) is 1.71. The van der Waals surface area contributed by atoms with Crippen molar-refractivity contribution in [1.29, 1.82) is 0 Å². The van der Waals surface area contributed by atoms with Gasteiger partial charge in [-0.3, -0.25) is 4.79 Å². The van der Waals surface area contributed by atoms with E-state index in [1.54, 1.807) is 0 Å². The van der Waals surface area contributed by atoms with E-state index < -0.39 is 0 Å². The molecule has 3 heteroatoms. The van der Waals surface area contributed by atoms with Crippen LogP contribution in [0.4, 0.5) is 0 Å². The molecule has 0 spiro atoms. The number of fused-ring (bicyclic) bond motifs is 1. The Hall–Kier alpha value is -1.51. The van der Waals surface area contributed by atoms with Crippen molar-refractivity contribution >= 4 is 5.78 Å². The lowest BCUT2D eigenvalue weighted by molar-refractivity contribution is 0.0967. The second-order valence-electron chi connectivity index (χ2n) is 4.06. The third-order valence-corrected chi connectivity index (χ3v) is 2.94. The first kappa shape index (κ1) is 12.0. The molecule has 0 aliphatic heterocycles. The van der Waals surface area contributed by atoms with Gasteiger partial charge in [-0.2, -0.15) is 0 Å². The maximum atomic E-state index is 12.0. The van der Waals surface area contributed by atoms with E-state index in [0.29, 0.717) is 25.4 Å². The van der Waals surface area contributed by atoms with E-state index in [1.165, 1.54) is 0 Å². The van der Waals surface area contributed by atoms with Crippen molar-refractivity contribution in [1.82, 2.24) is 0 Å². The van der Waals surface area contributed by atoms with Gasteiger partial charge in [0.25, 0.3) is 0 Å². The van der Waals surface area contributed by atoms with Crippen molar-refractivity contribution in [3.8, 4) is 11.5 Å². The van der Waals surface area contributed by atoms with Crippen LogP contribution in [0.5, 0.6) is 11.5 Å². The van der Waals surface area contributed by atoms with Crippen molar-refractivity contribution in [2.75, 3.05) is 13.2 Å². The van der Waals surface area contributed by atoms with E-state index in [4.69, 9.17) is 9.47 Å². The second-order valence-corrected chi connectivity index (χ2v) is 4.06. The Morgan fingerprint density at radius 1 is 1.06 bits per heavy atom. The van der Waals surface area contributed by atoms with Gasteiger partial charge in [0.1, 0.15) is 11.5 Å². The van der Waals surface area contributed by atoms with Crippen molar-refractivity contribution < 1.29 is 14.3 Å². The summed E-state index contributed by atoms with van der Waals surface area (Å²) in [7, 11) is 0. The molecular formula is C14H18O3. The summed E-state index contributed by atoms with van der Waals surface area (Å²) in [6.45, 7) is 5.08. The zero-order valence-corrected chi connectivity index (χ0v) is 10.4. The van der Waals surface area contributed by atoms with Gasteiger partial charge in [0.2, 0.25) is 0 Å². The molecule has 1 aliphatic rings. The summed E-state index contributed by atoms with van der Waals surface area (Å²) < 4.78 is 11.1. The third-order valence-electron chi connectivity index (χ3n) is 2.94. The highest BCUT2D eigenvalue weighted by Crippen LogP contribution is 2.36. The van der Waals surface area contributed by atoms with Gasteiger partial charge in [0.15, 0.2) is 5.78 Å². The molecule has 2 rings (SSSR count). The Morgan fingerprint density at radius 3 is 2.41 bits per heavy atom. The molecule has 0 atom stereocenters. The number of rotatable bonds is 4. The number of ether oxygens (including phenoxy) is 2. The molecule has 1 aliphatic carbocycles. The smallest absolute Gasteiger partial charge is 0.167 e. The van der Waals surface area contributed by atoms with Gasteiger partial charge >= 0.3 is 0 Å². The average molecular weight is 234 g/mol. The van der Waals surface area contributed by atoms with Gasteiger partial charge in [-0.15, -0.1) is 0 Å². The predicted octanol–water partition coefficient (Wildman–Crippen LogP) is 3.00. The average Bonchev–Trinajstić information content (AvgIpc) is 2.33. The highest BCUT2D eigenvalue weighted by atomic mass is 16.5. The van der Waals surface area contributed by atoms with E-state index in [1.807, 2.05) is 26.0 Å². The van der Waals surface area contributed by atoms with Crippen LogP contribution in [0.1, 0.15) is 42.6 Å². The maximum Gasteiger partial charge on any atom is 0.167 e. The minimum Gasteiger partial charge on any atom is -0.494 e. The van der Waals surface area contributed by atoms with Gasteiger partial charge in [0.05, 0.1) is 18.8 Å². The lowest BCUT2D eigenvalue weighted by Crippen LogP contribution is -2.14. The second kappa shape index (κ2) is 5.21. The van der Waals surface area contributed by atoms with Crippen LogP contribution >= 0.6 is 0 Å². The Kier molecular flexibility index (Phi) is 3.67. The number of hydrogen-bond acceptors (Lipinski definition) is 3. The molecule has 0 amide bonds. The fourth-order valence-corrected chi connectivity index (χ4v) is 2.28. The minimum atomic E-state index is 0.177. The van der Waals surface area contributed by atoms with Crippen LogP contribution in [0.25, 0.3) is 0 Å². The fraction of sp³-hybridized carbons (Fsp3) is 0.500. The first-order valence-corrected chi connectivity index (χ1v) is 6.22. The van der Waals surface area contributed by atoms with Gasteiger partial charge in [-0.05, 0) is 38.8 Å². The molecular weight excluding hydrogens is 216 g/mol. The van der Waals surface area contributed by atoms with Gasteiger partial charge < -0.3 is 9.47 Å². The van der Waals surface area contributed by atoms with Crippen molar-refractivity contribution in [3.05, 3.63) is 23.3 Å². The zero-order valence-electron chi connectivity index (χ0n) is 10.4. The fourth-order valence-electron chi connectivity index (χ4n) is 2.28. The van der Waals surface area contributed by atoms with E-state index in [9.17, 15) is 4.79 Å². The molecule has 0 saturated carbocycles. The van der Waals surface area contributed by atoms with Gasteiger partial charge in [-0.1, -0.05) is 0 Å². The number of hydrogen-bond donors (Lipinski definition) is 0. The van der Waals surface area contributed by atoms with Crippen LogP contribution in [0.15, 0.2) is 12.1 Å². The molecule has 0 fully saturated rings. The normalized spacial score (nSPS) is 14.4.